The third-order valence-electron chi connectivity index (χ3n) is 4.82. The molecule has 5 aromatic rings. The van der Waals surface area contributed by atoms with Crippen LogP contribution < -0.4 is 10.2 Å². The molecule has 0 amide bonds. The van der Waals surface area contributed by atoms with Gasteiger partial charge < -0.3 is 9.15 Å². The highest BCUT2D eigenvalue weighted by Gasteiger charge is 2.14. The highest BCUT2D eigenvalue weighted by molar-refractivity contribution is 7.21. The summed E-state index contributed by atoms with van der Waals surface area (Å²) in [5, 5.41) is 11.8. The lowest BCUT2D eigenvalue weighted by molar-refractivity contribution is -0.384. The summed E-state index contributed by atoms with van der Waals surface area (Å²) in [7, 11) is 0. The smallest absolute Gasteiger partial charge is 0.269 e. The number of thiazole rings is 1. The van der Waals surface area contributed by atoms with Crippen LogP contribution in [0, 0.1) is 10.1 Å². The molecular weight excluding hydrogens is 416 g/mol. The minimum absolute atomic E-state index is 0.0279. The van der Waals surface area contributed by atoms with Crippen molar-refractivity contribution in [3.05, 3.63) is 98.9 Å². The molecule has 31 heavy (non-hydrogen) atoms. The first kappa shape index (κ1) is 19.0. The normalized spacial score (nSPS) is 11.1. The minimum Gasteiger partial charge on any atom is -0.489 e. The van der Waals surface area contributed by atoms with E-state index >= 15 is 0 Å². The second-order valence-electron chi connectivity index (χ2n) is 6.84. The Labute approximate surface area is 179 Å². The molecule has 0 saturated heterocycles. The van der Waals surface area contributed by atoms with Crippen molar-refractivity contribution in [2.75, 3.05) is 0 Å². The van der Waals surface area contributed by atoms with Gasteiger partial charge in [0.1, 0.15) is 29.2 Å². The SMILES string of the molecule is O=c1c(-c2nc3ccccc3s2)coc2cc(OCc3ccc([N+](=O)[O-])cc3)ccc12. The molecule has 0 fully saturated rings. The standard InChI is InChI=1S/C23H14N2O5S/c26-22-17-10-9-16(29-12-14-5-7-15(8-6-14)25(27)28)11-20(17)30-13-18(22)23-24-19-3-1-2-4-21(19)31-23/h1-11,13H,12H2. The molecule has 0 unspecified atom stereocenters. The van der Waals surface area contributed by atoms with Crippen LogP contribution in [0.5, 0.6) is 5.75 Å². The van der Waals surface area contributed by atoms with Gasteiger partial charge in [0, 0.05) is 18.2 Å². The zero-order valence-electron chi connectivity index (χ0n) is 16.0. The van der Waals surface area contributed by atoms with Gasteiger partial charge >= 0.3 is 0 Å². The number of rotatable bonds is 5. The fourth-order valence-corrected chi connectivity index (χ4v) is 4.18. The maximum atomic E-state index is 13.0. The summed E-state index contributed by atoms with van der Waals surface area (Å²) < 4.78 is 12.5. The summed E-state index contributed by atoms with van der Waals surface area (Å²) in [5.74, 6) is 0.529. The average Bonchev–Trinajstić information content (AvgIpc) is 3.22. The van der Waals surface area contributed by atoms with Crippen LogP contribution in [0.15, 0.2) is 82.2 Å². The molecule has 0 bridgehead atoms. The second-order valence-corrected chi connectivity index (χ2v) is 7.87. The first-order valence-corrected chi connectivity index (χ1v) is 10.2. The van der Waals surface area contributed by atoms with E-state index in [1.165, 1.54) is 29.7 Å². The average molecular weight is 430 g/mol. The highest BCUT2D eigenvalue weighted by Crippen LogP contribution is 2.30. The van der Waals surface area contributed by atoms with E-state index in [-0.39, 0.29) is 17.7 Å². The number of hydrogen-bond donors (Lipinski definition) is 0. The van der Waals surface area contributed by atoms with Crippen molar-refractivity contribution >= 4 is 38.2 Å². The summed E-state index contributed by atoms with van der Waals surface area (Å²) in [6.07, 6.45) is 1.43. The van der Waals surface area contributed by atoms with Gasteiger partial charge in [-0.1, -0.05) is 12.1 Å². The van der Waals surface area contributed by atoms with E-state index in [9.17, 15) is 14.9 Å². The molecule has 0 aliphatic carbocycles. The number of aromatic nitrogens is 1. The summed E-state index contributed by atoms with van der Waals surface area (Å²) >= 11 is 1.45. The third-order valence-corrected chi connectivity index (χ3v) is 5.89. The Hall–Kier alpha value is -4.04. The molecule has 8 heteroatoms. The number of benzene rings is 3. The van der Waals surface area contributed by atoms with Crippen molar-refractivity contribution in [1.29, 1.82) is 0 Å². The van der Waals surface area contributed by atoms with Crippen LogP contribution in [0.2, 0.25) is 0 Å². The molecule has 3 aromatic carbocycles. The van der Waals surface area contributed by atoms with Gasteiger partial charge in [0.2, 0.25) is 5.43 Å². The van der Waals surface area contributed by atoms with Crippen LogP contribution in [0.3, 0.4) is 0 Å². The third kappa shape index (κ3) is 3.64. The monoisotopic (exact) mass is 430 g/mol. The Balaban J connectivity index is 1.41. The molecule has 0 saturated carbocycles. The predicted molar refractivity (Wildman–Crippen MR) is 119 cm³/mol. The Morgan fingerprint density at radius 1 is 1.06 bits per heavy atom. The van der Waals surface area contributed by atoms with E-state index in [4.69, 9.17) is 9.15 Å². The molecule has 2 heterocycles. The van der Waals surface area contributed by atoms with Crippen LogP contribution in [0.25, 0.3) is 31.8 Å². The summed E-state index contributed by atoms with van der Waals surface area (Å²) in [5.41, 5.74) is 2.35. The quantitative estimate of drug-likeness (QED) is 0.268. The first-order chi connectivity index (χ1) is 15.1. The number of nitro benzene ring substituents is 1. The van der Waals surface area contributed by atoms with Crippen LogP contribution in [-0.2, 0) is 6.61 Å². The molecule has 0 aliphatic rings. The van der Waals surface area contributed by atoms with Gasteiger partial charge in [-0.15, -0.1) is 11.3 Å². The topological polar surface area (TPSA) is 95.5 Å². The molecule has 0 spiro atoms. The number of fused-ring (bicyclic) bond motifs is 2. The lowest BCUT2D eigenvalue weighted by atomic mass is 10.1. The molecule has 7 nitrogen and oxygen atoms in total. The van der Waals surface area contributed by atoms with E-state index in [2.05, 4.69) is 4.98 Å². The van der Waals surface area contributed by atoms with Crippen molar-refractivity contribution in [2.45, 2.75) is 6.61 Å². The molecule has 0 radical (unpaired) electrons. The highest BCUT2D eigenvalue weighted by atomic mass is 32.1. The first-order valence-electron chi connectivity index (χ1n) is 9.36. The molecule has 5 rings (SSSR count). The maximum Gasteiger partial charge on any atom is 0.269 e. The second kappa shape index (κ2) is 7.66. The number of ether oxygens (including phenoxy) is 1. The van der Waals surface area contributed by atoms with Crippen LogP contribution in [-0.4, -0.2) is 9.91 Å². The van der Waals surface area contributed by atoms with Crippen molar-refractivity contribution in [3.8, 4) is 16.3 Å². The Kier molecular flexibility index (Phi) is 4.68. The van der Waals surface area contributed by atoms with Gasteiger partial charge in [0.25, 0.3) is 5.69 Å². The van der Waals surface area contributed by atoms with Crippen LogP contribution in [0.4, 0.5) is 5.69 Å². The van der Waals surface area contributed by atoms with E-state index in [1.807, 2.05) is 24.3 Å². The Morgan fingerprint density at radius 2 is 1.87 bits per heavy atom. The van der Waals surface area contributed by atoms with E-state index in [1.54, 1.807) is 30.3 Å². The van der Waals surface area contributed by atoms with E-state index in [0.717, 1.165) is 15.8 Å². The number of para-hydroxylation sites is 1. The lowest BCUT2D eigenvalue weighted by Gasteiger charge is -2.07. The fourth-order valence-electron chi connectivity index (χ4n) is 3.21. The molecule has 2 aromatic heterocycles. The largest absolute Gasteiger partial charge is 0.489 e. The molecule has 0 atom stereocenters. The van der Waals surface area contributed by atoms with Gasteiger partial charge in [-0.05, 0) is 42.0 Å². The van der Waals surface area contributed by atoms with Crippen LogP contribution >= 0.6 is 11.3 Å². The van der Waals surface area contributed by atoms with Gasteiger partial charge in [0.15, 0.2) is 0 Å². The number of hydrogen-bond acceptors (Lipinski definition) is 7. The number of nitro groups is 1. The number of nitrogens with zero attached hydrogens (tertiary/aromatic N) is 2. The fraction of sp³-hybridized carbons (Fsp3) is 0.0435. The molecule has 0 aliphatic heterocycles. The van der Waals surface area contributed by atoms with Gasteiger partial charge in [-0.2, -0.15) is 0 Å². The maximum absolute atomic E-state index is 13.0. The molecule has 152 valence electrons. The summed E-state index contributed by atoms with van der Waals surface area (Å²) in [6, 6.07) is 18.9. The van der Waals surface area contributed by atoms with Crippen molar-refractivity contribution in [2.24, 2.45) is 0 Å². The van der Waals surface area contributed by atoms with Gasteiger partial charge in [-0.3, -0.25) is 14.9 Å². The van der Waals surface area contributed by atoms with Crippen LogP contribution in [0.1, 0.15) is 5.56 Å². The minimum atomic E-state index is -0.446. The summed E-state index contributed by atoms with van der Waals surface area (Å²) in [4.78, 5) is 27.8. The molecule has 0 N–H and O–H groups in total. The predicted octanol–water partition coefficient (Wildman–Crippen LogP) is 5.56. The zero-order valence-corrected chi connectivity index (χ0v) is 16.8. The zero-order chi connectivity index (χ0) is 21.4. The van der Waals surface area contributed by atoms with Crippen molar-refractivity contribution in [1.82, 2.24) is 4.98 Å². The Morgan fingerprint density at radius 3 is 2.65 bits per heavy atom. The summed E-state index contributed by atoms with van der Waals surface area (Å²) in [6.45, 7) is 0.234. The molecular formula is C23H14N2O5S. The van der Waals surface area contributed by atoms with Crippen molar-refractivity contribution in [3.63, 3.8) is 0 Å². The van der Waals surface area contributed by atoms with Gasteiger partial charge in [-0.25, -0.2) is 4.98 Å². The van der Waals surface area contributed by atoms with E-state index in [0.29, 0.717) is 27.3 Å². The Bertz CT molecular complexity index is 1450. The van der Waals surface area contributed by atoms with Gasteiger partial charge in [0.05, 0.1) is 26.1 Å². The van der Waals surface area contributed by atoms with Crippen molar-refractivity contribution < 1.29 is 14.1 Å². The van der Waals surface area contributed by atoms with E-state index < -0.39 is 4.92 Å². The lowest BCUT2D eigenvalue weighted by Crippen LogP contribution is -2.04. The number of non-ortho nitro benzene ring substituents is 1.